The zero-order valence-electron chi connectivity index (χ0n) is 15.7. The number of hydrogen-bond donors (Lipinski definition) is 0. The van der Waals surface area contributed by atoms with Crippen LogP contribution >= 0.6 is 23.2 Å². The highest BCUT2D eigenvalue weighted by Gasteiger charge is 2.31. The van der Waals surface area contributed by atoms with Gasteiger partial charge in [0.2, 0.25) is 10.0 Å². The number of methoxy groups -OCH3 is 1. The fraction of sp³-hybridized carbons (Fsp3) is 0.375. The van der Waals surface area contributed by atoms with Crippen LogP contribution < -0.4 is 10.3 Å². The van der Waals surface area contributed by atoms with Crippen molar-refractivity contribution >= 4 is 38.9 Å². The van der Waals surface area contributed by atoms with Gasteiger partial charge in [0.25, 0.3) is 5.56 Å². The smallest absolute Gasteiger partial charge is 0.312 e. The third-order valence-corrected chi connectivity index (χ3v) is 7.24. The van der Waals surface area contributed by atoms with Gasteiger partial charge in [-0.05, 0) is 12.1 Å². The lowest BCUT2D eigenvalue weighted by atomic mass is 10.3. The Morgan fingerprint density at radius 2 is 1.90 bits per heavy atom. The molecule has 14 heteroatoms. The van der Waals surface area contributed by atoms with Gasteiger partial charge >= 0.3 is 5.69 Å². The molecule has 1 fully saturated rings. The van der Waals surface area contributed by atoms with E-state index in [9.17, 15) is 23.3 Å². The molecule has 0 atom stereocenters. The molecule has 1 aliphatic rings. The van der Waals surface area contributed by atoms with Crippen molar-refractivity contribution in [1.82, 2.24) is 19.0 Å². The molecular formula is C16H17Cl2N5O6S. The molecule has 0 bridgehead atoms. The van der Waals surface area contributed by atoms with Crippen LogP contribution in [-0.4, -0.2) is 65.6 Å². The quantitative estimate of drug-likeness (QED) is 0.451. The molecular weight excluding hydrogens is 461 g/mol. The predicted molar refractivity (Wildman–Crippen MR) is 108 cm³/mol. The van der Waals surface area contributed by atoms with Crippen LogP contribution in [-0.2, 0) is 16.7 Å². The average molecular weight is 478 g/mol. The van der Waals surface area contributed by atoms with Crippen molar-refractivity contribution in [1.29, 1.82) is 0 Å². The summed E-state index contributed by atoms with van der Waals surface area (Å²) in [5.74, 6) is -0.0247. The second-order valence-corrected chi connectivity index (χ2v) is 9.09. The Balaban J connectivity index is 1.73. The maximum atomic E-state index is 12.9. The first kappa shape index (κ1) is 22.4. The lowest BCUT2D eigenvalue weighted by Gasteiger charge is -2.33. The summed E-state index contributed by atoms with van der Waals surface area (Å²) in [6, 6.07) is 3.51. The van der Waals surface area contributed by atoms with Gasteiger partial charge in [0.05, 0.1) is 34.8 Å². The first-order valence-electron chi connectivity index (χ1n) is 8.61. The van der Waals surface area contributed by atoms with Gasteiger partial charge in [-0.1, -0.05) is 23.2 Å². The van der Waals surface area contributed by atoms with Gasteiger partial charge in [-0.15, -0.1) is 0 Å². The molecule has 3 rings (SSSR count). The molecule has 11 nitrogen and oxygen atoms in total. The zero-order valence-corrected chi connectivity index (χ0v) is 18.0. The van der Waals surface area contributed by atoms with E-state index in [1.165, 1.54) is 29.7 Å². The van der Waals surface area contributed by atoms with Crippen LogP contribution in [0.15, 0.2) is 34.1 Å². The van der Waals surface area contributed by atoms with Gasteiger partial charge < -0.3 is 4.74 Å². The van der Waals surface area contributed by atoms with E-state index in [4.69, 9.17) is 27.9 Å². The number of ether oxygens (including phenoxy) is 1. The normalized spacial score (nSPS) is 15.8. The van der Waals surface area contributed by atoms with Crippen molar-refractivity contribution in [2.45, 2.75) is 11.6 Å². The molecule has 0 aliphatic carbocycles. The van der Waals surface area contributed by atoms with E-state index >= 15 is 0 Å². The van der Waals surface area contributed by atoms with E-state index in [0.717, 1.165) is 10.7 Å². The molecule has 1 saturated heterocycles. The molecule has 0 spiro atoms. The van der Waals surface area contributed by atoms with Gasteiger partial charge in [0.1, 0.15) is 5.02 Å². The maximum absolute atomic E-state index is 12.9. The van der Waals surface area contributed by atoms with Crippen molar-refractivity contribution in [2.24, 2.45) is 0 Å². The van der Waals surface area contributed by atoms with E-state index in [1.807, 2.05) is 4.90 Å². The number of rotatable bonds is 6. The number of nitrogens with zero attached hydrogens (tertiary/aromatic N) is 5. The molecule has 1 aromatic heterocycles. The Bertz CT molecular complexity index is 1130. The van der Waals surface area contributed by atoms with Gasteiger partial charge in [-0.25, -0.2) is 13.1 Å². The summed E-state index contributed by atoms with van der Waals surface area (Å²) in [6.45, 7) is 1.05. The van der Waals surface area contributed by atoms with Crippen molar-refractivity contribution < 1.29 is 18.1 Å². The number of benzene rings is 1. The van der Waals surface area contributed by atoms with Crippen molar-refractivity contribution in [3.05, 3.63) is 54.9 Å². The molecule has 0 saturated carbocycles. The van der Waals surface area contributed by atoms with E-state index in [2.05, 4.69) is 5.10 Å². The Morgan fingerprint density at radius 1 is 1.23 bits per heavy atom. The SMILES string of the molecule is COc1ccc(S(=O)(=O)N2CCN(Cn3ncc(Cl)c(Cl)c3=O)CC2)cc1[N+](=O)[O-]. The Hall–Kier alpha value is -2.25. The highest BCUT2D eigenvalue weighted by Crippen LogP contribution is 2.30. The van der Waals surface area contributed by atoms with Crippen LogP contribution in [0, 0.1) is 10.1 Å². The Kier molecular flexibility index (Phi) is 6.62. The number of nitro groups is 1. The third kappa shape index (κ3) is 4.42. The van der Waals surface area contributed by atoms with Crippen LogP contribution in [0.4, 0.5) is 5.69 Å². The third-order valence-electron chi connectivity index (χ3n) is 4.59. The van der Waals surface area contributed by atoms with Gasteiger partial charge in [-0.3, -0.25) is 19.8 Å². The highest BCUT2D eigenvalue weighted by atomic mass is 35.5. The fourth-order valence-corrected chi connectivity index (χ4v) is 4.68. The molecule has 0 unspecified atom stereocenters. The standard InChI is InChI=1S/C16H17Cl2N5O6S/c1-29-14-3-2-11(8-13(14)23(25)26)30(27,28)21-6-4-20(5-7-21)10-22-16(24)15(18)12(17)9-19-22/h2-3,8-9H,4-7,10H2,1H3. The molecule has 30 heavy (non-hydrogen) atoms. The maximum Gasteiger partial charge on any atom is 0.312 e. The lowest BCUT2D eigenvalue weighted by Crippen LogP contribution is -2.49. The molecule has 0 amide bonds. The average Bonchev–Trinajstić information content (AvgIpc) is 2.74. The number of piperazine rings is 1. The van der Waals surface area contributed by atoms with Crippen LogP contribution in [0.3, 0.4) is 0 Å². The Morgan fingerprint density at radius 3 is 2.50 bits per heavy atom. The van der Waals surface area contributed by atoms with E-state index in [1.54, 1.807) is 0 Å². The van der Waals surface area contributed by atoms with E-state index in [-0.39, 0.29) is 40.4 Å². The van der Waals surface area contributed by atoms with Gasteiger partial charge in [0.15, 0.2) is 5.75 Å². The minimum atomic E-state index is -3.94. The first-order chi connectivity index (χ1) is 14.1. The summed E-state index contributed by atoms with van der Waals surface area (Å²) < 4.78 is 33.1. The molecule has 1 aliphatic heterocycles. The summed E-state index contributed by atoms with van der Waals surface area (Å²) in [7, 11) is -2.67. The number of halogens is 2. The minimum Gasteiger partial charge on any atom is -0.490 e. The van der Waals surface area contributed by atoms with Crippen molar-refractivity contribution in [2.75, 3.05) is 33.3 Å². The predicted octanol–water partition coefficient (Wildman–Crippen LogP) is 1.43. The summed E-state index contributed by atoms with van der Waals surface area (Å²) in [5.41, 5.74) is -0.966. The summed E-state index contributed by atoms with van der Waals surface area (Å²) >= 11 is 11.6. The fourth-order valence-electron chi connectivity index (χ4n) is 2.97. The van der Waals surface area contributed by atoms with E-state index in [0.29, 0.717) is 13.1 Å². The first-order valence-corrected chi connectivity index (χ1v) is 10.8. The Labute approximate surface area is 181 Å². The number of nitro benzene ring substituents is 1. The second kappa shape index (κ2) is 8.86. The molecule has 162 valence electrons. The van der Waals surface area contributed by atoms with Crippen molar-refractivity contribution in [3.63, 3.8) is 0 Å². The lowest BCUT2D eigenvalue weighted by molar-refractivity contribution is -0.386. The van der Waals surface area contributed by atoms with E-state index < -0.39 is 26.2 Å². The monoisotopic (exact) mass is 477 g/mol. The summed E-state index contributed by atoms with van der Waals surface area (Å²) in [6.07, 6.45) is 1.27. The summed E-state index contributed by atoms with van der Waals surface area (Å²) in [5, 5.41) is 15.0. The number of hydrogen-bond acceptors (Lipinski definition) is 8. The molecule has 0 N–H and O–H groups in total. The van der Waals surface area contributed by atoms with Crippen LogP contribution in [0.1, 0.15) is 0 Å². The van der Waals surface area contributed by atoms with Crippen LogP contribution in [0.5, 0.6) is 5.75 Å². The topological polar surface area (TPSA) is 128 Å². The second-order valence-electron chi connectivity index (χ2n) is 6.37. The molecule has 2 aromatic rings. The molecule has 1 aromatic carbocycles. The summed E-state index contributed by atoms with van der Waals surface area (Å²) in [4.78, 5) is 24.2. The molecule has 0 radical (unpaired) electrons. The van der Waals surface area contributed by atoms with Gasteiger partial charge in [0, 0.05) is 32.2 Å². The van der Waals surface area contributed by atoms with Crippen LogP contribution in [0.2, 0.25) is 10.0 Å². The minimum absolute atomic E-state index is 0.0247. The molecule has 2 heterocycles. The highest BCUT2D eigenvalue weighted by molar-refractivity contribution is 7.89. The largest absolute Gasteiger partial charge is 0.490 e. The van der Waals surface area contributed by atoms with Crippen LogP contribution in [0.25, 0.3) is 0 Å². The van der Waals surface area contributed by atoms with Gasteiger partial charge in [-0.2, -0.15) is 9.40 Å². The number of aromatic nitrogens is 2. The zero-order chi connectivity index (χ0) is 22.1. The number of sulfonamides is 1. The van der Waals surface area contributed by atoms with Crippen molar-refractivity contribution in [3.8, 4) is 5.75 Å².